The van der Waals surface area contributed by atoms with Gasteiger partial charge in [0.2, 0.25) is 11.8 Å². The molecule has 1 aliphatic rings. The highest BCUT2D eigenvalue weighted by molar-refractivity contribution is 6.13. The molecule has 0 radical (unpaired) electrons. The molecule has 5 heteroatoms. The standard InChI is InChI=1S/C18H26N2O3/c1-4-5-12-19-16(21)18(10-11-18)17(22)20-14-8-6-7-9-15(14)23-13(2)3/h6-9,13H,4-5,10-12H2,1-3H3,(H,19,21)(H,20,22). The summed E-state index contributed by atoms with van der Waals surface area (Å²) in [5.41, 5.74) is -0.294. The predicted molar refractivity (Wildman–Crippen MR) is 90.4 cm³/mol. The molecule has 0 aromatic heterocycles. The molecule has 0 saturated heterocycles. The van der Waals surface area contributed by atoms with Crippen molar-refractivity contribution < 1.29 is 14.3 Å². The van der Waals surface area contributed by atoms with Crippen LogP contribution < -0.4 is 15.4 Å². The zero-order valence-corrected chi connectivity index (χ0v) is 14.1. The molecule has 0 atom stereocenters. The smallest absolute Gasteiger partial charge is 0.240 e. The van der Waals surface area contributed by atoms with Crippen LogP contribution in [0.25, 0.3) is 0 Å². The topological polar surface area (TPSA) is 67.4 Å². The van der Waals surface area contributed by atoms with Crippen molar-refractivity contribution in [3.8, 4) is 5.75 Å². The van der Waals surface area contributed by atoms with Crippen molar-refractivity contribution in [1.82, 2.24) is 5.32 Å². The van der Waals surface area contributed by atoms with Crippen molar-refractivity contribution >= 4 is 17.5 Å². The number of anilines is 1. The summed E-state index contributed by atoms with van der Waals surface area (Å²) >= 11 is 0. The van der Waals surface area contributed by atoms with E-state index in [2.05, 4.69) is 17.6 Å². The number of unbranched alkanes of at least 4 members (excludes halogenated alkanes) is 1. The Labute approximate surface area is 137 Å². The van der Waals surface area contributed by atoms with E-state index in [-0.39, 0.29) is 17.9 Å². The van der Waals surface area contributed by atoms with Crippen LogP contribution in [0, 0.1) is 5.41 Å². The molecule has 0 aliphatic heterocycles. The van der Waals surface area contributed by atoms with Gasteiger partial charge in [-0.05, 0) is 45.2 Å². The largest absolute Gasteiger partial charge is 0.489 e. The lowest BCUT2D eigenvalue weighted by Gasteiger charge is -2.18. The Bertz CT molecular complexity index is 565. The molecular weight excluding hydrogens is 292 g/mol. The van der Waals surface area contributed by atoms with Crippen LogP contribution >= 0.6 is 0 Å². The van der Waals surface area contributed by atoms with Crippen LogP contribution in [0.1, 0.15) is 46.5 Å². The quantitative estimate of drug-likeness (QED) is 0.572. The number of hydrogen-bond acceptors (Lipinski definition) is 3. The Hall–Kier alpha value is -2.04. The summed E-state index contributed by atoms with van der Waals surface area (Å²) in [4.78, 5) is 24.9. The molecule has 23 heavy (non-hydrogen) atoms. The Kier molecular flexibility index (Phi) is 5.64. The second kappa shape index (κ2) is 7.49. The maximum absolute atomic E-state index is 12.6. The van der Waals surface area contributed by atoms with Gasteiger partial charge in [-0.3, -0.25) is 9.59 Å². The van der Waals surface area contributed by atoms with Crippen molar-refractivity contribution in [3.63, 3.8) is 0 Å². The van der Waals surface area contributed by atoms with Gasteiger partial charge in [0.25, 0.3) is 0 Å². The van der Waals surface area contributed by atoms with Crippen molar-refractivity contribution in [1.29, 1.82) is 0 Å². The van der Waals surface area contributed by atoms with Crippen LogP contribution in [0.4, 0.5) is 5.69 Å². The summed E-state index contributed by atoms with van der Waals surface area (Å²) in [6.07, 6.45) is 3.15. The summed E-state index contributed by atoms with van der Waals surface area (Å²) < 4.78 is 5.70. The summed E-state index contributed by atoms with van der Waals surface area (Å²) in [6.45, 7) is 6.55. The fourth-order valence-corrected chi connectivity index (χ4v) is 2.40. The molecule has 1 fully saturated rings. The van der Waals surface area contributed by atoms with Gasteiger partial charge in [0, 0.05) is 6.54 Å². The van der Waals surface area contributed by atoms with Gasteiger partial charge >= 0.3 is 0 Å². The van der Waals surface area contributed by atoms with Gasteiger partial charge in [-0.15, -0.1) is 0 Å². The zero-order chi connectivity index (χ0) is 16.9. The fraction of sp³-hybridized carbons (Fsp3) is 0.556. The first-order valence-corrected chi connectivity index (χ1v) is 8.35. The van der Waals surface area contributed by atoms with E-state index in [9.17, 15) is 9.59 Å². The van der Waals surface area contributed by atoms with Crippen LogP contribution in [-0.2, 0) is 9.59 Å². The molecule has 1 aromatic rings. The van der Waals surface area contributed by atoms with Crippen LogP contribution in [0.3, 0.4) is 0 Å². The zero-order valence-electron chi connectivity index (χ0n) is 14.1. The minimum Gasteiger partial charge on any atom is -0.489 e. The average molecular weight is 318 g/mol. The minimum atomic E-state index is -0.904. The Balaban J connectivity index is 2.03. The lowest BCUT2D eigenvalue weighted by Crippen LogP contribution is -2.40. The van der Waals surface area contributed by atoms with Gasteiger partial charge < -0.3 is 15.4 Å². The first-order chi connectivity index (χ1) is 11.0. The van der Waals surface area contributed by atoms with E-state index in [1.165, 1.54) is 0 Å². The minimum absolute atomic E-state index is 0.0141. The number of amides is 2. The lowest BCUT2D eigenvalue weighted by atomic mass is 10.0. The highest BCUT2D eigenvalue weighted by Crippen LogP contribution is 2.47. The van der Waals surface area contributed by atoms with E-state index in [0.717, 1.165) is 12.8 Å². The molecule has 2 amide bonds. The summed E-state index contributed by atoms with van der Waals surface area (Å²) in [7, 11) is 0. The first kappa shape index (κ1) is 17.3. The van der Waals surface area contributed by atoms with Crippen molar-refractivity contribution in [2.45, 2.75) is 52.6 Å². The Morgan fingerprint density at radius 1 is 1.22 bits per heavy atom. The number of ether oxygens (including phenoxy) is 1. The molecule has 0 bridgehead atoms. The first-order valence-electron chi connectivity index (χ1n) is 8.35. The third-order valence-corrected chi connectivity index (χ3v) is 3.93. The molecular formula is C18H26N2O3. The van der Waals surface area contributed by atoms with E-state index in [1.807, 2.05) is 32.0 Å². The van der Waals surface area contributed by atoms with E-state index in [4.69, 9.17) is 4.74 Å². The lowest BCUT2D eigenvalue weighted by molar-refractivity contribution is -0.134. The number of carbonyl (C=O) groups excluding carboxylic acids is 2. The number of nitrogens with one attached hydrogen (secondary N) is 2. The van der Waals surface area contributed by atoms with Crippen LogP contribution in [0.2, 0.25) is 0 Å². The normalized spacial score (nSPS) is 15.1. The Morgan fingerprint density at radius 2 is 1.91 bits per heavy atom. The molecule has 1 aromatic carbocycles. The highest BCUT2D eigenvalue weighted by atomic mass is 16.5. The van der Waals surface area contributed by atoms with Crippen LogP contribution in [-0.4, -0.2) is 24.5 Å². The van der Waals surface area contributed by atoms with E-state index in [0.29, 0.717) is 30.8 Å². The molecule has 1 saturated carbocycles. The summed E-state index contributed by atoms with van der Waals surface area (Å²) in [6, 6.07) is 7.30. The maximum atomic E-state index is 12.6. The summed E-state index contributed by atoms with van der Waals surface area (Å²) in [5, 5.41) is 5.73. The molecule has 2 N–H and O–H groups in total. The molecule has 126 valence electrons. The van der Waals surface area contributed by atoms with E-state index >= 15 is 0 Å². The van der Waals surface area contributed by atoms with Gasteiger partial charge in [0.1, 0.15) is 11.2 Å². The SMILES string of the molecule is CCCCNC(=O)C1(C(=O)Nc2ccccc2OC(C)C)CC1. The van der Waals surface area contributed by atoms with Gasteiger partial charge in [-0.2, -0.15) is 0 Å². The predicted octanol–water partition coefficient (Wildman–Crippen LogP) is 3.11. The second-order valence-corrected chi connectivity index (χ2v) is 6.31. The van der Waals surface area contributed by atoms with Crippen molar-refractivity contribution in [2.75, 3.05) is 11.9 Å². The molecule has 5 nitrogen and oxygen atoms in total. The molecule has 1 aliphatic carbocycles. The molecule has 0 heterocycles. The summed E-state index contributed by atoms with van der Waals surface area (Å²) in [5.74, 6) is 0.218. The van der Waals surface area contributed by atoms with E-state index < -0.39 is 5.41 Å². The Morgan fingerprint density at radius 3 is 2.52 bits per heavy atom. The monoisotopic (exact) mass is 318 g/mol. The fourth-order valence-electron chi connectivity index (χ4n) is 2.40. The average Bonchev–Trinajstić information content (AvgIpc) is 3.30. The number of carbonyl (C=O) groups is 2. The third-order valence-electron chi connectivity index (χ3n) is 3.93. The third kappa shape index (κ3) is 4.24. The van der Waals surface area contributed by atoms with Gasteiger partial charge in [-0.25, -0.2) is 0 Å². The molecule has 0 spiro atoms. The van der Waals surface area contributed by atoms with Gasteiger partial charge in [-0.1, -0.05) is 25.5 Å². The number of rotatable bonds is 8. The maximum Gasteiger partial charge on any atom is 0.240 e. The van der Waals surface area contributed by atoms with Crippen molar-refractivity contribution in [3.05, 3.63) is 24.3 Å². The second-order valence-electron chi connectivity index (χ2n) is 6.31. The van der Waals surface area contributed by atoms with Crippen LogP contribution in [0.5, 0.6) is 5.75 Å². The van der Waals surface area contributed by atoms with Crippen molar-refractivity contribution in [2.24, 2.45) is 5.41 Å². The number of benzene rings is 1. The van der Waals surface area contributed by atoms with Gasteiger partial charge in [0.15, 0.2) is 0 Å². The van der Waals surface area contributed by atoms with Gasteiger partial charge in [0.05, 0.1) is 11.8 Å². The number of hydrogen-bond donors (Lipinski definition) is 2. The number of para-hydroxylation sites is 2. The molecule has 2 rings (SSSR count). The van der Waals surface area contributed by atoms with Crippen LogP contribution in [0.15, 0.2) is 24.3 Å². The van der Waals surface area contributed by atoms with E-state index in [1.54, 1.807) is 6.07 Å². The molecule has 0 unspecified atom stereocenters. The highest BCUT2D eigenvalue weighted by Gasteiger charge is 2.56.